The number of unbranched alkanes of at least 4 members (excludes halogenated alkanes) is 2. The van der Waals surface area contributed by atoms with Crippen molar-refractivity contribution in [3.05, 3.63) is 83.7 Å². The van der Waals surface area contributed by atoms with Gasteiger partial charge in [-0.15, -0.1) is 11.8 Å². The van der Waals surface area contributed by atoms with E-state index in [9.17, 15) is 18.0 Å². The number of nitrogens with zero attached hydrogens (tertiary/aromatic N) is 2. The molecule has 0 bridgehead atoms. The van der Waals surface area contributed by atoms with Crippen LogP contribution in [0.1, 0.15) is 43.0 Å². The van der Waals surface area contributed by atoms with Crippen molar-refractivity contribution in [3.63, 3.8) is 0 Å². The minimum absolute atomic E-state index is 0.195. The summed E-state index contributed by atoms with van der Waals surface area (Å²) in [5, 5.41) is 2.97. The molecule has 0 fully saturated rings. The predicted octanol–water partition coefficient (Wildman–Crippen LogP) is 7.50. The van der Waals surface area contributed by atoms with Crippen LogP contribution in [0.15, 0.2) is 71.8 Å². The first kappa shape index (κ1) is 25.7. The van der Waals surface area contributed by atoms with Gasteiger partial charge in [-0.2, -0.15) is 13.2 Å². The van der Waals surface area contributed by atoms with Crippen LogP contribution in [0.3, 0.4) is 0 Å². The Kier molecular flexibility index (Phi) is 9.10. The molecule has 3 aromatic rings. The van der Waals surface area contributed by atoms with Gasteiger partial charge in [0.05, 0.1) is 12.1 Å². The van der Waals surface area contributed by atoms with Gasteiger partial charge in [-0.05, 0) is 66.8 Å². The number of rotatable bonds is 10. The highest BCUT2D eigenvalue weighted by Crippen LogP contribution is 2.29. The highest BCUT2D eigenvalue weighted by molar-refractivity contribution is 7.98. The molecule has 2 amide bonds. The number of hydrogen-bond acceptors (Lipinski definition) is 2. The van der Waals surface area contributed by atoms with Crippen LogP contribution >= 0.6 is 11.8 Å². The third-order valence-electron chi connectivity index (χ3n) is 5.54. The second-order valence-electron chi connectivity index (χ2n) is 8.11. The van der Waals surface area contributed by atoms with Gasteiger partial charge in [-0.3, -0.25) is 0 Å². The van der Waals surface area contributed by atoms with E-state index in [1.807, 2.05) is 53.4 Å². The molecule has 0 aliphatic rings. The molecule has 0 unspecified atom stereocenters. The van der Waals surface area contributed by atoms with Crippen LogP contribution in [0, 0.1) is 0 Å². The Hall–Kier alpha value is -2.87. The molecule has 0 spiro atoms. The van der Waals surface area contributed by atoms with Gasteiger partial charge in [0.2, 0.25) is 0 Å². The molecule has 34 heavy (non-hydrogen) atoms. The zero-order valence-corrected chi connectivity index (χ0v) is 20.3. The normalized spacial score (nSPS) is 11.4. The molecule has 0 saturated heterocycles. The molecule has 8 heteroatoms. The van der Waals surface area contributed by atoms with Crippen LogP contribution in [0.4, 0.5) is 23.7 Å². The Bertz CT molecular complexity index is 1060. The molecule has 2 aromatic carbocycles. The average Bonchev–Trinajstić information content (AvgIpc) is 3.25. The quantitative estimate of drug-likeness (QED) is 0.236. The number of amides is 2. The largest absolute Gasteiger partial charge is 0.416 e. The van der Waals surface area contributed by atoms with Crippen LogP contribution in [-0.2, 0) is 19.3 Å². The number of thioether (sulfide) groups is 1. The molecule has 0 aliphatic heterocycles. The summed E-state index contributed by atoms with van der Waals surface area (Å²) in [7, 11) is 0. The highest BCUT2D eigenvalue weighted by atomic mass is 32.2. The van der Waals surface area contributed by atoms with Crippen molar-refractivity contribution in [2.75, 3.05) is 18.1 Å². The maximum Gasteiger partial charge on any atom is 0.416 e. The molecular weight excluding hydrogens is 459 g/mol. The van der Waals surface area contributed by atoms with E-state index < -0.39 is 11.7 Å². The second-order valence-corrected chi connectivity index (χ2v) is 8.99. The van der Waals surface area contributed by atoms with Crippen LogP contribution in [0.25, 0.3) is 0 Å². The summed E-state index contributed by atoms with van der Waals surface area (Å²) in [4.78, 5) is 16.0. The number of urea groups is 1. The summed E-state index contributed by atoms with van der Waals surface area (Å²) in [5.41, 5.74) is 1.49. The number of benzene rings is 2. The molecule has 3 rings (SSSR count). The Morgan fingerprint density at radius 2 is 1.82 bits per heavy atom. The van der Waals surface area contributed by atoms with Gasteiger partial charge in [0.15, 0.2) is 0 Å². The number of carbonyl (C=O) groups is 1. The van der Waals surface area contributed by atoms with E-state index in [0.717, 1.165) is 41.6 Å². The zero-order valence-electron chi connectivity index (χ0n) is 19.4. The topological polar surface area (TPSA) is 37.3 Å². The lowest BCUT2D eigenvalue weighted by Gasteiger charge is -2.24. The summed E-state index contributed by atoms with van der Waals surface area (Å²) in [6.07, 6.45) is 2.38. The molecule has 1 N–H and O–H groups in total. The zero-order chi connectivity index (χ0) is 24.6. The number of carbonyl (C=O) groups excluding carboxylic acids is 1. The van der Waals surface area contributed by atoms with E-state index in [0.29, 0.717) is 25.2 Å². The smallest absolute Gasteiger partial charge is 0.345 e. The van der Waals surface area contributed by atoms with Crippen LogP contribution in [0.5, 0.6) is 0 Å². The lowest BCUT2D eigenvalue weighted by molar-refractivity contribution is -0.137. The SMILES string of the molecule is CCCCCN(Cc1cccn1Cc1cccc(C(F)(F)F)c1)C(=O)Nc1ccc(SC)cc1. The van der Waals surface area contributed by atoms with E-state index in [2.05, 4.69) is 12.2 Å². The minimum atomic E-state index is -4.38. The summed E-state index contributed by atoms with van der Waals surface area (Å²) in [6.45, 7) is 3.37. The van der Waals surface area contributed by atoms with E-state index in [1.54, 1.807) is 22.7 Å². The number of nitrogens with one attached hydrogen (secondary N) is 1. The van der Waals surface area contributed by atoms with Gasteiger partial charge in [-0.25, -0.2) is 4.79 Å². The van der Waals surface area contributed by atoms with E-state index in [1.165, 1.54) is 12.1 Å². The predicted molar refractivity (Wildman–Crippen MR) is 132 cm³/mol. The van der Waals surface area contributed by atoms with Gasteiger partial charge in [-0.1, -0.05) is 31.9 Å². The molecule has 4 nitrogen and oxygen atoms in total. The Balaban J connectivity index is 1.74. The second kappa shape index (κ2) is 12.0. The average molecular weight is 490 g/mol. The fourth-order valence-electron chi connectivity index (χ4n) is 3.67. The lowest BCUT2D eigenvalue weighted by atomic mass is 10.1. The summed E-state index contributed by atoms with van der Waals surface area (Å²) in [5.74, 6) is 0. The van der Waals surface area contributed by atoms with Crippen molar-refractivity contribution in [2.24, 2.45) is 0 Å². The maximum atomic E-state index is 13.1. The molecule has 0 radical (unpaired) electrons. The monoisotopic (exact) mass is 489 g/mol. The molecule has 0 atom stereocenters. The van der Waals surface area contributed by atoms with Crippen molar-refractivity contribution in [1.82, 2.24) is 9.47 Å². The fourth-order valence-corrected chi connectivity index (χ4v) is 4.08. The first-order valence-corrected chi connectivity index (χ1v) is 12.5. The number of alkyl halides is 3. The Labute approximate surface area is 203 Å². The van der Waals surface area contributed by atoms with Crippen molar-refractivity contribution in [2.45, 2.75) is 50.3 Å². The molecule has 182 valence electrons. The molecule has 0 saturated carbocycles. The molecule has 1 aromatic heterocycles. The standard InChI is InChI=1S/C26H30F3N3OS/c1-3-4-5-15-32(25(33)30-22-11-13-24(34-2)14-12-22)19-23-10-7-16-31(23)18-20-8-6-9-21(17-20)26(27,28)29/h6-14,16-17H,3-5,15,18-19H2,1-2H3,(H,30,33). The number of halogens is 3. The maximum absolute atomic E-state index is 13.1. The van der Waals surface area contributed by atoms with Crippen molar-refractivity contribution in [3.8, 4) is 0 Å². The van der Waals surface area contributed by atoms with Gasteiger partial charge >= 0.3 is 12.2 Å². The van der Waals surface area contributed by atoms with Gasteiger partial charge < -0.3 is 14.8 Å². The summed E-state index contributed by atoms with van der Waals surface area (Å²) < 4.78 is 41.2. The van der Waals surface area contributed by atoms with Gasteiger partial charge in [0.1, 0.15) is 0 Å². The van der Waals surface area contributed by atoms with Crippen LogP contribution in [-0.4, -0.2) is 28.3 Å². The summed E-state index contributed by atoms with van der Waals surface area (Å²) in [6, 6.07) is 16.6. The van der Waals surface area contributed by atoms with Crippen molar-refractivity contribution < 1.29 is 18.0 Å². The Morgan fingerprint density at radius 3 is 2.50 bits per heavy atom. The first-order chi connectivity index (χ1) is 16.3. The first-order valence-electron chi connectivity index (χ1n) is 11.3. The van der Waals surface area contributed by atoms with Crippen molar-refractivity contribution in [1.29, 1.82) is 0 Å². The fraction of sp³-hybridized carbons (Fsp3) is 0.346. The number of hydrogen-bond donors (Lipinski definition) is 1. The van der Waals surface area contributed by atoms with Crippen LogP contribution < -0.4 is 5.32 Å². The van der Waals surface area contributed by atoms with Gasteiger partial charge in [0, 0.05) is 35.6 Å². The third-order valence-corrected chi connectivity index (χ3v) is 6.29. The highest BCUT2D eigenvalue weighted by Gasteiger charge is 2.30. The van der Waals surface area contributed by atoms with E-state index in [-0.39, 0.29) is 6.03 Å². The lowest BCUT2D eigenvalue weighted by Crippen LogP contribution is -2.36. The molecule has 0 aliphatic carbocycles. The third kappa shape index (κ3) is 7.32. The molecular formula is C26H30F3N3OS. The van der Waals surface area contributed by atoms with E-state index in [4.69, 9.17) is 0 Å². The van der Waals surface area contributed by atoms with Crippen molar-refractivity contribution >= 4 is 23.5 Å². The Morgan fingerprint density at radius 1 is 1.06 bits per heavy atom. The number of anilines is 1. The summed E-state index contributed by atoms with van der Waals surface area (Å²) >= 11 is 1.64. The van der Waals surface area contributed by atoms with E-state index >= 15 is 0 Å². The van der Waals surface area contributed by atoms with Gasteiger partial charge in [0.25, 0.3) is 0 Å². The minimum Gasteiger partial charge on any atom is -0.345 e. The number of aromatic nitrogens is 1. The molecule has 1 heterocycles. The van der Waals surface area contributed by atoms with Crippen LogP contribution in [0.2, 0.25) is 0 Å².